The maximum Gasteiger partial charge on any atom is 0.166 e. The van der Waals surface area contributed by atoms with E-state index in [1.54, 1.807) is 30.3 Å². The van der Waals surface area contributed by atoms with E-state index in [-0.39, 0.29) is 11.4 Å². The van der Waals surface area contributed by atoms with E-state index in [1.807, 2.05) is 31.2 Å². The third kappa shape index (κ3) is 7.10. The van der Waals surface area contributed by atoms with Gasteiger partial charge in [0.2, 0.25) is 0 Å². The number of unbranched alkanes of at least 4 members (excludes halogenated alkanes) is 5. The number of halogens is 3. The van der Waals surface area contributed by atoms with Crippen LogP contribution >= 0.6 is 0 Å². The molecular formula is C35H43F3. The van der Waals surface area contributed by atoms with Gasteiger partial charge >= 0.3 is 0 Å². The van der Waals surface area contributed by atoms with E-state index in [2.05, 4.69) is 6.92 Å². The molecule has 1 aliphatic carbocycles. The second-order valence-corrected chi connectivity index (χ2v) is 11.2. The first-order valence-corrected chi connectivity index (χ1v) is 14.9. The van der Waals surface area contributed by atoms with Crippen LogP contribution in [0, 0.1) is 23.4 Å². The van der Waals surface area contributed by atoms with E-state index >= 15 is 4.39 Å². The maximum absolute atomic E-state index is 15.2. The van der Waals surface area contributed by atoms with E-state index in [1.165, 1.54) is 51.4 Å². The summed E-state index contributed by atoms with van der Waals surface area (Å²) >= 11 is 0. The van der Waals surface area contributed by atoms with Gasteiger partial charge in [0.05, 0.1) is 0 Å². The molecule has 0 amide bonds. The van der Waals surface area contributed by atoms with Gasteiger partial charge < -0.3 is 0 Å². The molecule has 0 saturated heterocycles. The lowest BCUT2D eigenvalue weighted by atomic mass is 9.76. The molecule has 0 heterocycles. The second kappa shape index (κ2) is 14.0. The van der Waals surface area contributed by atoms with Crippen LogP contribution in [0.15, 0.2) is 54.6 Å². The Balaban J connectivity index is 1.38. The molecule has 3 aromatic carbocycles. The summed E-state index contributed by atoms with van der Waals surface area (Å²) in [5.41, 5.74) is 3.81. The van der Waals surface area contributed by atoms with E-state index in [0.29, 0.717) is 23.5 Å². The molecule has 1 saturated carbocycles. The Morgan fingerprint density at radius 1 is 0.632 bits per heavy atom. The zero-order valence-electron chi connectivity index (χ0n) is 23.2. The first-order chi connectivity index (χ1) is 18.5. The zero-order chi connectivity index (χ0) is 26.9. The Hall–Kier alpha value is -2.55. The minimum Gasteiger partial charge on any atom is -0.207 e. The summed E-state index contributed by atoms with van der Waals surface area (Å²) in [5.74, 6) is -0.572. The fraction of sp³-hybridized carbons (Fsp3) is 0.486. The Labute approximate surface area is 227 Å². The topological polar surface area (TPSA) is 0 Å². The lowest BCUT2D eigenvalue weighted by Gasteiger charge is -2.29. The van der Waals surface area contributed by atoms with Crippen molar-refractivity contribution in [3.05, 3.63) is 83.2 Å². The molecule has 1 fully saturated rings. The molecule has 0 atom stereocenters. The highest BCUT2D eigenvalue weighted by Crippen LogP contribution is 2.39. The van der Waals surface area contributed by atoms with Crippen molar-refractivity contribution >= 4 is 0 Å². The van der Waals surface area contributed by atoms with Crippen molar-refractivity contribution in [3.63, 3.8) is 0 Å². The molecule has 3 heteroatoms. The van der Waals surface area contributed by atoms with Crippen molar-refractivity contribution in [1.82, 2.24) is 0 Å². The van der Waals surface area contributed by atoms with Gasteiger partial charge in [0.1, 0.15) is 5.82 Å². The quantitative estimate of drug-likeness (QED) is 0.208. The normalized spacial score (nSPS) is 17.6. The average Bonchev–Trinajstić information content (AvgIpc) is 2.94. The highest BCUT2D eigenvalue weighted by molar-refractivity contribution is 5.71. The molecule has 0 spiro atoms. The molecule has 4 rings (SSSR count). The van der Waals surface area contributed by atoms with Crippen LogP contribution in [0.3, 0.4) is 0 Å². The monoisotopic (exact) mass is 520 g/mol. The molecule has 0 nitrogen and oxygen atoms in total. The van der Waals surface area contributed by atoms with Crippen LogP contribution in [-0.4, -0.2) is 0 Å². The summed E-state index contributed by atoms with van der Waals surface area (Å²) in [6.07, 6.45) is 14.9. The van der Waals surface area contributed by atoms with Gasteiger partial charge in [-0.2, -0.15) is 0 Å². The molecule has 0 N–H and O–H groups in total. The van der Waals surface area contributed by atoms with Crippen LogP contribution in [0.2, 0.25) is 0 Å². The molecule has 3 aromatic rings. The van der Waals surface area contributed by atoms with Gasteiger partial charge in [-0.15, -0.1) is 0 Å². The second-order valence-electron chi connectivity index (χ2n) is 11.2. The smallest absolute Gasteiger partial charge is 0.166 e. The van der Waals surface area contributed by atoms with Gasteiger partial charge in [-0.1, -0.05) is 107 Å². The van der Waals surface area contributed by atoms with E-state index in [9.17, 15) is 8.78 Å². The molecule has 1 aliphatic rings. The highest BCUT2D eigenvalue weighted by atomic mass is 19.2. The van der Waals surface area contributed by atoms with Gasteiger partial charge in [-0.05, 0) is 84.2 Å². The first kappa shape index (κ1) is 28.5. The first-order valence-electron chi connectivity index (χ1n) is 14.9. The van der Waals surface area contributed by atoms with Gasteiger partial charge in [0, 0.05) is 5.56 Å². The molecule has 38 heavy (non-hydrogen) atoms. The Bertz CT molecular complexity index is 1160. The minimum absolute atomic E-state index is 0.134. The van der Waals surface area contributed by atoms with Gasteiger partial charge in [0.25, 0.3) is 0 Å². The van der Waals surface area contributed by atoms with Crippen LogP contribution in [0.5, 0.6) is 0 Å². The Kier molecular flexibility index (Phi) is 10.5. The molecular weight excluding hydrogens is 477 g/mol. The number of aryl methyl sites for hydroxylation is 1. The summed E-state index contributed by atoms with van der Waals surface area (Å²) in [6.45, 7) is 4.29. The summed E-state index contributed by atoms with van der Waals surface area (Å²) in [6, 6.07) is 16.2. The Morgan fingerprint density at radius 2 is 1.29 bits per heavy atom. The molecule has 0 bridgehead atoms. The van der Waals surface area contributed by atoms with Crippen molar-refractivity contribution in [1.29, 1.82) is 0 Å². The maximum atomic E-state index is 15.2. The number of hydrogen-bond donors (Lipinski definition) is 0. The predicted molar refractivity (Wildman–Crippen MR) is 154 cm³/mol. The zero-order valence-corrected chi connectivity index (χ0v) is 23.2. The molecule has 0 aromatic heterocycles. The van der Waals surface area contributed by atoms with Crippen LogP contribution in [0.4, 0.5) is 13.2 Å². The van der Waals surface area contributed by atoms with Crippen molar-refractivity contribution in [2.45, 2.75) is 103 Å². The fourth-order valence-electron chi connectivity index (χ4n) is 6.05. The summed E-state index contributed by atoms with van der Waals surface area (Å²) < 4.78 is 44.5. The number of hydrogen-bond acceptors (Lipinski definition) is 0. The summed E-state index contributed by atoms with van der Waals surface area (Å²) in [7, 11) is 0. The van der Waals surface area contributed by atoms with Gasteiger partial charge in [-0.25, -0.2) is 13.2 Å². The van der Waals surface area contributed by atoms with Crippen molar-refractivity contribution in [3.8, 4) is 22.3 Å². The average molecular weight is 521 g/mol. The Morgan fingerprint density at radius 3 is 1.97 bits per heavy atom. The number of rotatable bonds is 12. The molecule has 0 radical (unpaired) electrons. The van der Waals surface area contributed by atoms with E-state index < -0.39 is 11.6 Å². The van der Waals surface area contributed by atoms with E-state index in [4.69, 9.17) is 0 Å². The van der Waals surface area contributed by atoms with Gasteiger partial charge in [-0.3, -0.25) is 0 Å². The highest BCUT2D eigenvalue weighted by Gasteiger charge is 2.24. The van der Waals surface area contributed by atoms with Gasteiger partial charge in [0.15, 0.2) is 11.6 Å². The fourth-order valence-corrected chi connectivity index (χ4v) is 6.05. The minimum atomic E-state index is -0.798. The van der Waals surface area contributed by atoms with Crippen LogP contribution in [0.1, 0.15) is 108 Å². The number of benzene rings is 3. The summed E-state index contributed by atoms with van der Waals surface area (Å²) in [5, 5.41) is 0. The molecule has 204 valence electrons. The SMILES string of the molecule is CCCCCCCC1CCC(c2ccc(-c3ccc(-c4ccc(CCCC)c(F)c4F)cc3)cc2F)CC1. The van der Waals surface area contributed by atoms with Crippen LogP contribution in [0.25, 0.3) is 22.3 Å². The van der Waals surface area contributed by atoms with Crippen LogP contribution < -0.4 is 0 Å². The van der Waals surface area contributed by atoms with Crippen LogP contribution in [-0.2, 0) is 6.42 Å². The largest absolute Gasteiger partial charge is 0.207 e. The molecule has 0 aliphatic heterocycles. The molecule has 0 unspecified atom stereocenters. The lowest BCUT2D eigenvalue weighted by molar-refractivity contribution is 0.298. The van der Waals surface area contributed by atoms with Crippen molar-refractivity contribution < 1.29 is 13.2 Å². The van der Waals surface area contributed by atoms with E-state index in [0.717, 1.165) is 48.3 Å². The third-order valence-corrected chi connectivity index (χ3v) is 8.49. The third-order valence-electron chi connectivity index (χ3n) is 8.49. The standard InChI is InChI=1S/C35H43F3/c1-3-5-7-8-9-10-25-12-14-27(15-13-25)31-22-21-30(24-33(31)36)26-16-18-28(19-17-26)32-23-20-29(11-6-4-2)34(37)35(32)38/h16-25,27H,3-15H2,1-2H3. The van der Waals surface area contributed by atoms with Crippen molar-refractivity contribution in [2.75, 3.05) is 0 Å². The predicted octanol–water partition coefficient (Wildman–Crippen LogP) is 11.4. The lowest BCUT2D eigenvalue weighted by Crippen LogP contribution is -2.14. The summed E-state index contributed by atoms with van der Waals surface area (Å²) in [4.78, 5) is 0. The van der Waals surface area contributed by atoms with Crippen molar-refractivity contribution in [2.24, 2.45) is 5.92 Å².